The first-order valence-corrected chi connectivity index (χ1v) is 15.5. The van der Waals surface area contributed by atoms with Crippen molar-refractivity contribution in [2.24, 2.45) is 5.92 Å². The van der Waals surface area contributed by atoms with Gasteiger partial charge in [-0.05, 0) is 71.4 Å². The number of alkyl carbamates (subject to hydrolysis) is 1. The lowest BCUT2D eigenvalue weighted by atomic mass is 9.94. The Hall–Kier alpha value is -3.10. The Labute approximate surface area is 253 Å². The van der Waals surface area contributed by atoms with Crippen molar-refractivity contribution in [1.82, 2.24) is 15.5 Å². The van der Waals surface area contributed by atoms with Crippen LogP contribution in [-0.2, 0) is 23.9 Å². The van der Waals surface area contributed by atoms with Crippen LogP contribution in [0.15, 0.2) is 18.2 Å². The number of carbonyl (C=O) groups excluding carboxylic acids is 4. The summed E-state index contributed by atoms with van der Waals surface area (Å²) in [6, 6.07) is 4.02. The first kappa shape index (κ1) is 36.9. The molecule has 1 aromatic carbocycles. The van der Waals surface area contributed by atoms with Crippen LogP contribution in [0, 0.1) is 19.8 Å². The highest BCUT2D eigenvalue weighted by atomic mass is 16.6. The van der Waals surface area contributed by atoms with Crippen LogP contribution in [0.4, 0.5) is 4.79 Å². The highest BCUT2D eigenvalue weighted by Gasteiger charge is 2.37. The van der Waals surface area contributed by atoms with Gasteiger partial charge < -0.3 is 25.0 Å². The first-order chi connectivity index (χ1) is 19.7. The lowest BCUT2D eigenvalue weighted by Crippen LogP contribution is -2.53. The van der Waals surface area contributed by atoms with Gasteiger partial charge in [-0.1, -0.05) is 70.2 Å². The minimum Gasteiger partial charge on any atom is -0.466 e. The van der Waals surface area contributed by atoms with Gasteiger partial charge in [-0.25, -0.2) is 4.79 Å². The fraction of sp³-hybridized carbons (Fsp3) is 0.697. The predicted molar refractivity (Wildman–Crippen MR) is 166 cm³/mol. The summed E-state index contributed by atoms with van der Waals surface area (Å²) in [5.41, 5.74) is 1.82. The van der Waals surface area contributed by atoms with Crippen molar-refractivity contribution >= 4 is 23.9 Å². The number of amides is 3. The van der Waals surface area contributed by atoms with Gasteiger partial charge in [-0.3, -0.25) is 14.4 Å². The fourth-order valence-electron chi connectivity index (χ4n) is 4.72. The molecule has 0 aliphatic heterocycles. The maximum Gasteiger partial charge on any atom is 0.408 e. The van der Waals surface area contributed by atoms with Gasteiger partial charge in [0.2, 0.25) is 11.8 Å². The normalized spacial score (nSPS) is 12.8. The van der Waals surface area contributed by atoms with Gasteiger partial charge in [-0.15, -0.1) is 0 Å². The van der Waals surface area contributed by atoms with Crippen LogP contribution >= 0.6 is 0 Å². The van der Waals surface area contributed by atoms with Crippen LogP contribution in [-0.4, -0.2) is 60.1 Å². The summed E-state index contributed by atoms with van der Waals surface area (Å²) in [5.74, 6) is -1.02. The van der Waals surface area contributed by atoms with Crippen molar-refractivity contribution in [1.29, 1.82) is 0 Å². The van der Waals surface area contributed by atoms with Crippen molar-refractivity contribution in [3.63, 3.8) is 0 Å². The van der Waals surface area contributed by atoms with Crippen molar-refractivity contribution in [2.45, 2.75) is 125 Å². The van der Waals surface area contributed by atoms with Gasteiger partial charge in [0.05, 0.1) is 13.0 Å². The van der Waals surface area contributed by atoms with E-state index in [4.69, 9.17) is 9.47 Å². The molecule has 2 unspecified atom stereocenters. The zero-order valence-corrected chi connectivity index (χ0v) is 27.4. The molecule has 2 N–H and O–H groups in total. The summed E-state index contributed by atoms with van der Waals surface area (Å²) in [5, 5.41) is 5.66. The zero-order valence-electron chi connectivity index (χ0n) is 27.4. The number of esters is 1. The van der Waals surface area contributed by atoms with Crippen molar-refractivity contribution in [2.75, 3.05) is 19.7 Å². The maximum atomic E-state index is 14.4. The molecule has 0 bridgehead atoms. The molecule has 1 aromatic rings. The Morgan fingerprint density at radius 2 is 1.64 bits per heavy atom. The molecule has 2 atom stereocenters. The Morgan fingerprint density at radius 3 is 2.24 bits per heavy atom. The summed E-state index contributed by atoms with van der Waals surface area (Å²) in [4.78, 5) is 54.7. The van der Waals surface area contributed by atoms with Crippen LogP contribution < -0.4 is 10.6 Å². The van der Waals surface area contributed by atoms with Crippen LogP contribution in [0.3, 0.4) is 0 Å². The molecule has 42 heavy (non-hydrogen) atoms. The third-order valence-corrected chi connectivity index (χ3v) is 6.70. The summed E-state index contributed by atoms with van der Waals surface area (Å²) in [7, 11) is 0. The SMILES string of the molecule is CCCCCCCN(C(=O)C(CC(C)C)NC(=O)OC(C)(C)C)C(C(=O)NCCC(=O)OCC)c1cc(C)ccc1C. The highest BCUT2D eigenvalue weighted by molar-refractivity contribution is 5.92. The van der Waals surface area contributed by atoms with Gasteiger partial charge >= 0.3 is 12.1 Å². The molecular weight excluding hydrogens is 534 g/mol. The molecular formula is C33H55N3O6. The smallest absolute Gasteiger partial charge is 0.408 e. The van der Waals surface area contributed by atoms with E-state index in [0.29, 0.717) is 24.9 Å². The van der Waals surface area contributed by atoms with E-state index in [1.807, 2.05) is 45.9 Å². The minimum absolute atomic E-state index is 0.0280. The number of hydrogen-bond donors (Lipinski definition) is 2. The van der Waals surface area contributed by atoms with Gasteiger partial charge in [0, 0.05) is 13.1 Å². The van der Waals surface area contributed by atoms with Gasteiger partial charge in [0.25, 0.3) is 0 Å². The van der Waals surface area contributed by atoms with E-state index in [0.717, 1.165) is 36.8 Å². The van der Waals surface area contributed by atoms with Crippen molar-refractivity contribution in [3.05, 3.63) is 34.9 Å². The molecule has 0 fully saturated rings. The molecule has 9 nitrogen and oxygen atoms in total. The number of benzene rings is 1. The second-order valence-electron chi connectivity index (χ2n) is 12.4. The van der Waals surface area contributed by atoms with Crippen molar-refractivity contribution < 1.29 is 28.7 Å². The highest BCUT2D eigenvalue weighted by Crippen LogP contribution is 2.28. The number of unbranched alkanes of at least 4 members (excludes halogenated alkanes) is 4. The maximum absolute atomic E-state index is 14.4. The van der Waals surface area contributed by atoms with Crippen LogP contribution in [0.25, 0.3) is 0 Å². The van der Waals surface area contributed by atoms with E-state index in [1.165, 1.54) is 0 Å². The monoisotopic (exact) mass is 589 g/mol. The molecule has 238 valence electrons. The second-order valence-corrected chi connectivity index (χ2v) is 12.4. The number of ether oxygens (including phenoxy) is 2. The number of aryl methyl sites for hydroxylation is 2. The molecule has 0 aliphatic rings. The standard InChI is InChI=1S/C33H55N3O6/c1-10-12-13-14-15-20-36(31(39)27(21-23(3)4)35-32(40)42-33(7,8)9)29(26-22-24(5)16-17-25(26)6)30(38)34-19-18-28(37)41-11-2/h16-17,22-23,27,29H,10-15,18-21H2,1-9H3,(H,34,38)(H,35,40). The van der Waals surface area contributed by atoms with E-state index in [9.17, 15) is 19.2 Å². The van der Waals surface area contributed by atoms with E-state index in [-0.39, 0.29) is 37.3 Å². The second kappa shape index (κ2) is 18.4. The Balaban J connectivity index is 3.52. The van der Waals surface area contributed by atoms with Crippen LogP contribution in [0.2, 0.25) is 0 Å². The van der Waals surface area contributed by atoms with E-state index >= 15 is 0 Å². The lowest BCUT2D eigenvalue weighted by Gasteiger charge is -2.35. The van der Waals surface area contributed by atoms with Crippen LogP contribution in [0.1, 0.15) is 116 Å². The van der Waals surface area contributed by atoms with Gasteiger partial charge in [0.15, 0.2) is 0 Å². The molecule has 1 rings (SSSR count). The Morgan fingerprint density at radius 1 is 0.976 bits per heavy atom. The molecule has 3 amide bonds. The number of rotatable bonds is 17. The summed E-state index contributed by atoms with van der Waals surface area (Å²) in [6.45, 7) is 17.7. The number of carbonyl (C=O) groups is 4. The topological polar surface area (TPSA) is 114 Å². The summed E-state index contributed by atoms with van der Waals surface area (Å²) >= 11 is 0. The van der Waals surface area contributed by atoms with E-state index < -0.39 is 29.7 Å². The zero-order chi connectivity index (χ0) is 31.9. The Kier molecular flexibility index (Phi) is 16.2. The molecule has 0 saturated heterocycles. The summed E-state index contributed by atoms with van der Waals surface area (Å²) < 4.78 is 10.5. The number of hydrogen-bond acceptors (Lipinski definition) is 6. The average molecular weight is 590 g/mol. The van der Waals surface area contributed by atoms with Gasteiger partial charge in [-0.2, -0.15) is 0 Å². The third-order valence-electron chi connectivity index (χ3n) is 6.70. The molecule has 0 spiro atoms. The largest absolute Gasteiger partial charge is 0.466 e. The van der Waals surface area contributed by atoms with E-state index in [2.05, 4.69) is 17.6 Å². The van der Waals surface area contributed by atoms with Gasteiger partial charge in [0.1, 0.15) is 17.7 Å². The number of nitrogens with zero attached hydrogens (tertiary/aromatic N) is 1. The van der Waals surface area contributed by atoms with E-state index in [1.54, 1.807) is 32.6 Å². The molecule has 9 heteroatoms. The lowest BCUT2D eigenvalue weighted by molar-refractivity contribution is -0.144. The molecule has 0 heterocycles. The predicted octanol–water partition coefficient (Wildman–Crippen LogP) is 6.15. The summed E-state index contributed by atoms with van der Waals surface area (Å²) in [6.07, 6.45) is 4.58. The van der Waals surface area contributed by atoms with Crippen molar-refractivity contribution in [3.8, 4) is 0 Å². The Bertz CT molecular complexity index is 1020. The first-order valence-electron chi connectivity index (χ1n) is 15.5. The quantitative estimate of drug-likeness (QED) is 0.166. The van der Waals surface area contributed by atoms with Crippen LogP contribution in [0.5, 0.6) is 0 Å². The molecule has 0 aromatic heterocycles. The third kappa shape index (κ3) is 13.7. The molecule has 0 radical (unpaired) electrons. The average Bonchev–Trinajstić information content (AvgIpc) is 2.87. The molecule has 0 aliphatic carbocycles. The number of nitrogens with one attached hydrogen (secondary N) is 2. The molecule has 0 saturated carbocycles. The fourth-order valence-corrected chi connectivity index (χ4v) is 4.72. The minimum atomic E-state index is -0.944.